The third-order valence-electron chi connectivity index (χ3n) is 3.25. The highest BCUT2D eigenvalue weighted by Crippen LogP contribution is 2.22. The summed E-state index contributed by atoms with van der Waals surface area (Å²) in [5, 5.41) is 8.93. The molecule has 1 fully saturated rings. The van der Waals surface area contributed by atoms with Crippen molar-refractivity contribution < 1.29 is 9.59 Å². The summed E-state index contributed by atoms with van der Waals surface area (Å²) in [7, 11) is 0. The van der Waals surface area contributed by atoms with E-state index in [0.717, 1.165) is 18.5 Å². The first kappa shape index (κ1) is 14.8. The number of carbonyl (C=O) groups is 2. The molecule has 20 heavy (non-hydrogen) atoms. The molecule has 0 spiro atoms. The summed E-state index contributed by atoms with van der Waals surface area (Å²) in [5.74, 6) is -0.402. The van der Waals surface area contributed by atoms with Crippen LogP contribution < -0.4 is 16.0 Å². The maximum absolute atomic E-state index is 11.8. The number of nitrogens with one attached hydrogen (secondary N) is 3. The smallest absolute Gasteiger partial charge is 0.243 e. The van der Waals surface area contributed by atoms with Gasteiger partial charge in [-0.25, -0.2) is 0 Å². The third kappa shape index (κ3) is 3.95. The number of carbonyl (C=O) groups excluding carboxylic acids is 2. The lowest BCUT2D eigenvalue weighted by Crippen LogP contribution is -2.37. The van der Waals surface area contributed by atoms with Crippen LogP contribution in [-0.4, -0.2) is 31.4 Å². The number of amides is 2. The van der Waals surface area contributed by atoms with Crippen LogP contribution >= 0.6 is 11.6 Å². The van der Waals surface area contributed by atoms with E-state index >= 15 is 0 Å². The molecule has 2 rings (SSSR count). The zero-order valence-electron chi connectivity index (χ0n) is 11.3. The standard InChI is InChI=1S/C14H18ClN3O2/c1-9-2-3-12(11(15)6-9)18-13(19)8-17-14(20)10-4-5-16-7-10/h2-3,6,10,16H,4-5,7-8H2,1H3,(H,17,20)(H,18,19). The van der Waals surface area contributed by atoms with Crippen LogP contribution in [-0.2, 0) is 9.59 Å². The molecule has 1 unspecified atom stereocenters. The summed E-state index contributed by atoms with van der Waals surface area (Å²) < 4.78 is 0. The first-order chi connectivity index (χ1) is 9.56. The monoisotopic (exact) mass is 295 g/mol. The van der Waals surface area contributed by atoms with Gasteiger partial charge in [-0.05, 0) is 37.6 Å². The van der Waals surface area contributed by atoms with Crippen molar-refractivity contribution in [1.29, 1.82) is 0 Å². The zero-order valence-corrected chi connectivity index (χ0v) is 12.1. The third-order valence-corrected chi connectivity index (χ3v) is 3.57. The fraction of sp³-hybridized carbons (Fsp3) is 0.429. The number of aryl methyl sites for hydroxylation is 1. The molecule has 0 saturated carbocycles. The molecule has 1 atom stereocenters. The van der Waals surface area contributed by atoms with E-state index in [0.29, 0.717) is 17.3 Å². The molecular weight excluding hydrogens is 278 g/mol. The van der Waals surface area contributed by atoms with Gasteiger partial charge in [-0.1, -0.05) is 17.7 Å². The zero-order chi connectivity index (χ0) is 14.5. The molecule has 0 aromatic heterocycles. The fourth-order valence-electron chi connectivity index (χ4n) is 2.11. The molecule has 0 radical (unpaired) electrons. The molecule has 0 aliphatic carbocycles. The number of hydrogen-bond acceptors (Lipinski definition) is 3. The second-order valence-corrected chi connectivity index (χ2v) is 5.35. The highest BCUT2D eigenvalue weighted by atomic mass is 35.5. The van der Waals surface area contributed by atoms with E-state index in [9.17, 15) is 9.59 Å². The first-order valence-corrected chi connectivity index (χ1v) is 6.98. The lowest BCUT2D eigenvalue weighted by molar-refractivity contribution is -0.126. The lowest BCUT2D eigenvalue weighted by atomic mass is 10.1. The first-order valence-electron chi connectivity index (χ1n) is 6.60. The fourth-order valence-corrected chi connectivity index (χ4v) is 2.39. The minimum absolute atomic E-state index is 0.0363. The largest absolute Gasteiger partial charge is 0.347 e. The maximum Gasteiger partial charge on any atom is 0.243 e. The molecule has 0 bridgehead atoms. The Morgan fingerprint density at radius 1 is 1.45 bits per heavy atom. The molecule has 1 saturated heterocycles. The summed E-state index contributed by atoms with van der Waals surface area (Å²) in [4.78, 5) is 23.5. The van der Waals surface area contributed by atoms with Crippen molar-refractivity contribution in [2.75, 3.05) is 25.0 Å². The minimum atomic E-state index is -0.282. The summed E-state index contributed by atoms with van der Waals surface area (Å²) in [5.41, 5.74) is 1.58. The Morgan fingerprint density at radius 3 is 2.90 bits per heavy atom. The lowest BCUT2D eigenvalue weighted by Gasteiger charge is -2.11. The molecule has 1 heterocycles. The summed E-state index contributed by atoms with van der Waals surface area (Å²) in [6.45, 7) is 3.41. The van der Waals surface area contributed by atoms with E-state index in [4.69, 9.17) is 11.6 Å². The van der Waals surface area contributed by atoms with Gasteiger partial charge >= 0.3 is 0 Å². The molecule has 2 amide bonds. The van der Waals surface area contributed by atoms with Gasteiger partial charge in [0.2, 0.25) is 11.8 Å². The van der Waals surface area contributed by atoms with Crippen LogP contribution in [0.1, 0.15) is 12.0 Å². The predicted octanol–water partition coefficient (Wildman–Crippen LogP) is 1.31. The number of rotatable bonds is 4. The van der Waals surface area contributed by atoms with E-state index in [1.807, 2.05) is 13.0 Å². The van der Waals surface area contributed by atoms with Crippen molar-refractivity contribution >= 4 is 29.1 Å². The van der Waals surface area contributed by atoms with Crippen molar-refractivity contribution in [3.63, 3.8) is 0 Å². The minimum Gasteiger partial charge on any atom is -0.347 e. The predicted molar refractivity (Wildman–Crippen MR) is 78.8 cm³/mol. The number of anilines is 1. The quantitative estimate of drug-likeness (QED) is 0.784. The van der Waals surface area contributed by atoms with Gasteiger partial charge in [0.25, 0.3) is 0 Å². The number of benzene rings is 1. The Balaban J connectivity index is 1.81. The Bertz CT molecular complexity index is 513. The second-order valence-electron chi connectivity index (χ2n) is 4.94. The van der Waals surface area contributed by atoms with Crippen LogP contribution in [0.15, 0.2) is 18.2 Å². The number of halogens is 1. The van der Waals surface area contributed by atoms with Gasteiger partial charge in [-0.3, -0.25) is 9.59 Å². The van der Waals surface area contributed by atoms with Crippen molar-refractivity contribution in [2.24, 2.45) is 5.92 Å². The molecule has 1 aliphatic rings. The Hall–Kier alpha value is -1.59. The van der Waals surface area contributed by atoms with Crippen LogP contribution in [0.5, 0.6) is 0 Å². The molecule has 1 aliphatic heterocycles. The molecule has 1 aromatic carbocycles. The van der Waals surface area contributed by atoms with Gasteiger partial charge in [0.05, 0.1) is 23.2 Å². The SMILES string of the molecule is Cc1ccc(NC(=O)CNC(=O)C2CCNC2)c(Cl)c1. The van der Waals surface area contributed by atoms with E-state index in [1.54, 1.807) is 12.1 Å². The van der Waals surface area contributed by atoms with Gasteiger partial charge in [0.15, 0.2) is 0 Å². The average molecular weight is 296 g/mol. The van der Waals surface area contributed by atoms with Crippen molar-refractivity contribution in [3.05, 3.63) is 28.8 Å². The van der Waals surface area contributed by atoms with E-state index in [1.165, 1.54) is 0 Å². The van der Waals surface area contributed by atoms with Crippen molar-refractivity contribution in [2.45, 2.75) is 13.3 Å². The Morgan fingerprint density at radius 2 is 2.25 bits per heavy atom. The summed E-state index contributed by atoms with van der Waals surface area (Å²) in [6, 6.07) is 5.39. The van der Waals surface area contributed by atoms with E-state index in [2.05, 4.69) is 16.0 Å². The van der Waals surface area contributed by atoms with Gasteiger partial charge < -0.3 is 16.0 Å². The van der Waals surface area contributed by atoms with Crippen LogP contribution in [0, 0.1) is 12.8 Å². The molecule has 108 valence electrons. The molecule has 1 aromatic rings. The highest BCUT2D eigenvalue weighted by molar-refractivity contribution is 6.33. The molecule has 6 heteroatoms. The van der Waals surface area contributed by atoms with Gasteiger partial charge in [0, 0.05) is 6.54 Å². The maximum atomic E-state index is 11.8. The number of hydrogen-bond donors (Lipinski definition) is 3. The van der Waals surface area contributed by atoms with Crippen LogP contribution in [0.2, 0.25) is 5.02 Å². The van der Waals surface area contributed by atoms with Crippen LogP contribution in [0.25, 0.3) is 0 Å². The van der Waals surface area contributed by atoms with E-state index < -0.39 is 0 Å². The molecule has 3 N–H and O–H groups in total. The van der Waals surface area contributed by atoms with Crippen LogP contribution in [0.4, 0.5) is 5.69 Å². The van der Waals surface area contributed by atoms with Gasteiger partial charge in [-0.2, -0.15) is 0 Å². The Kier molecular flexibility index (Phi) is 4.98. The van der Waals surface area contributed by atoms with Crippen LogP contribution in [0.3, 0.4) is 0 Å². The summed E-state index contributed by atoms with van der Waals surface area (Å²) in [6.07, 6.45) is 0.817. The van der Waals surface area contributed by atoms with E-state index in [-0.39, 0.29) is 24.3 Å². The molecular formula is C14H18ClN3O2. The van der Waals surface area contributed by atoms with Gasteiger partial charge in [-0.15, -0.1) is 0 Å². The second kappa shape index (κ2) is 6.72. The highest BCUT2D eigenvalue weighted by Gasteiger charge is 2.22. The average Bonchev–Trinajstić information content (AvgIpc) is 2.93. The molecule has 5 nitrogen and oxygen atoms in total. The summed E-state index contributed by atoms with van der Waals surface area (Å²) >= 11 is 6.03. The van der Waals surface area contributed by atoms with Crippen molar-refractivity contribution in [1.82, 2.24) is 10.6 Å². The van der Waals surface area contributed by atoms with Gasteiger partial charge in [0.1, 0.15) is 0 Å². The normalized spacial score (nSPS) is 17.8. The van der Waals surface area contributed by atoms with Crippen molar-refractivity contribution in [3.8, 4) is 0 Å². The topological polar surface area (TPSA) is 70.2 Å². The Labute approximate surface area is 123 Å².